The number of nitrogens with two attached hydrogens (primary N) is 1. The standard InChI is InChI=1S/C14H27N3O2/c1-5-14(15,6-2)13(19)17-9-7-16(8-10-17)12(18)11(3)4/h11H,5-10,15H2,1-4H3. The zero-order chi connectivity index (χ0) is 14.6. The maximum absolute atomic E-state index is 12.4. The largest absolute Gasteiger partial charge is 0.339 e. The average molecular weight is 269 g/mol. The summed E-state index contributed by atoms with van der Waals surface area (Å²) in [6, 6.07) is 0. The smallest absolute Gasteiger partial charge is 0.242 e. The third-order valence-corrected chi connectivity index (χ3v) is 4.06. The molecule has 1 saturated heterocycles. The van der Waals surface area contributed by atoms with Gasteiger partial charge in [-0.1, -0.05) is 27.7 Å². The molecule has 0 bridgehead atoms. The number of hydrogen-bond donors (Lipinski definition) is 1. The van der Waals surface area contributed by atoms with Crippen molar-refractivity contribution in [1.82, 2.24) is 9.80 Å². The fourth-order valence-electron chi connectivity index (χ4n) is 2.36. The maximum atomic E-state index is 12.4. The highest BCUT2D eigenvalue weighted by Crippen LogP contribution is 2.17. The third-order valence-electron chi connectivity index (χ3n) is 4.06. The second-order valence-electron chi connectivity index (χ2n) is 5.64. The predicted octanol–water partition coefficient (Wildman–Crippen LogP) is 0.831. The molecule has 1 rings (SSSR count). The van der Waals surface area contributed by atoms with E-state index in [-0.39, 0.29) is 17.7 Å². The number of carbonyl (C=O) groups is 2. The van der Waals surface area contributed by atoms with Crippen LogP contribution >= 0.6 is 0 Å². The normalized spacial score (nSPS) is 16.9. The molecular formula is C14H27N3O2. The molecule has 0 spiro atoms. The van der Waals surface area contributed by atoms with Gasteiger partial charge in [-0.3, -0.25) is 9.59 Å². The van der Waals surface area contributed by atoms with Gasteiger partial charge in [0.25, 0.3) is 0 Å². The third kappa shape index (κ3) is 3.47. The summed E-state index contributed by atoms with van der Waals surface area (Å²) >= 11 is 0. The lowest BCUT2D eigenvalue weighted by atomic mass is 9.92. The fourth-order valence-corrected chi connectivity index (χ4v) is 2.36. The second kappa shape index (κ2) is 6.37. The van der Waals surface area contributed by atoms with Crippen molar-refractivity contribution in [3.63, 3.8) is 0 Å². The molecule has 1 aliphatic heterocycles. The van der Waals surface area contributed by atoms with Crippen molar-refractivity contribution < 1.29 is 9.59 Å². The first-order chi connectivity index (χ1) is 8.85. The molecule has 0 aromatic carbocycles. The number of carbonyl (C=O) groups excluding carboxylic acids is 2. The van der Waals surface area contributed by atoms with Gasteiger partial charge in [-0.05, 0) is 12.8 Å². The van der Waals surface area contributed by atoms with Gasteiger partial charge in [0.15, 0.2) is 0 Å². The zero-order valence-electron chi connectivity index (χ0n) is 12.6. The summed E-state index contributed by atoms with van der Waals surface area (Å²) in [6.45, 7) is 10.1. The minimum Gasteiger partial charge on any atom is -0.339 e. The molecule has 0 aromatic rings. The molecule has 1 heterocycles. The molecule has 1 aliphatic rings. The Bertz CT molecular complexity index is 330. The molecule has 5 heteroatoms. The fraction of sp³-hybridized carbons (Fsp3) is 0.857. The lowest BCUT2D eigenvalue weighted by Gasteiger charge is -2.39. The highest BCUT2D eigenvalue weighted by molar-refractivity contribution is 5.86. The Morgan fingerprint density at radius 1 is 1.05 bits per heavy atom. The highest BCUT2D eigenvalue weighted by Gasteiger charge is 2.36. The summed E-state index contributed by atoms with van der Waals surface area (Å²) in [5.74, 6) is 0.202. The van der Waals surface area contributed by atoms with Crippen LogP contribution in [0, 0.1) is 5.92 Å². The summed E-state index contributed by atoms with van der Waals surface area (Å²) in [7, 11) is 0. The van der Waals surface area contributed by atoms with Gasteiger partial charge in [0.1, 0.15) is 0 Å². The van der Waals surface area contributed by atoms with E-state index in [1.807, 2.05) is 32.6 Å². The van der Waals surface area contributed by atoms with Crippen LogP contribution in [0.2, 0.25) is 0 Å². The molecule has 2 amide bonds. The number of nitrogens with zero attached hydrogens (tertiary/aromatic N) is 2. The highest BCUT2D eigenvalue weighted by atomic mass is 16.2. The van der Waals surface area contributed by atoms with Crippen LogP contribution in [0.4, 0.5) is 0 Å². The first-order valence-electron chi connectivity index (χ1n) is 7.22. The van der Waals surface area contributed by atoms with E-state index in [4.69, 9.17) is 5.73 Å². The van der Waals surface area contributed by atoms with E-state index in [9.17, 15) is 9.59 Å². The first-order valence-corrected chi connectivity index (χ1v) is 7.22. The van der Waals surface area contributed by atoms with Crippen molar-refractivity contribution in [2.45, 2.75) is 46.1 Å². The molecule has 0 saturated carbocycles. The van der Waals surface area contributed by atoms with Crippen LogP contribution in [0.25, 0.3) is 0 Å². The number of rotatable bonds is 4. The minimum absolute atomic E-state index is 0.0159. The van der Waals surface area contributed by atoms with E-state index in [1.165, 1.54) is 0 Å². The zero-order valence-corrected chi connectivity index (χ0v) is 12.6. The van der Waals surface area contributed by atoms with E-state index < -0.39 is 5.54 Å². The summed E-state index contributed by atoms with van der Waals surface area (Å²) in [5.41, 5.74) is 5.40. The van der Waals surface area contributed by atoms with E-state index in [0.29, 0.717) is 39.0 Å². The van der Waals surface area contributed by atoms with E-state index >= 15 is 0 Å². The quantitative estimate of drug-likeness (QED) is 0.822. The van der Waals surface area contributed by atoms with Crippen LogP contribution in [-0.2, 0) is 9.59 Å². The summed E-state index contributed by atoms with van der Waals surface area (Å²) in [4.78, 5) is 27.9. The van der Waals surface area contributed by atoms with Gasteiger partial charge in [-0.25, -0.2) is 0 Å². The van der Waals surface area contributed by atoms with Crippen LogP contribution in [0.5, 0.6) is 0 Å². The molecular weight excluding hydrogens is 242 g/mol. The predicted molar refractivity (Wildman–Crippen MR) is 75.5 cm³/mol. The Hall–Kier alpha value is -1.10. The Kier molecular flexibility index (Phi) is 5.35. The van der Waals surface area contributed by atoms with Crippen molar-refractivity contribution in [2.75, 3.05) is 26.2 Å². The topological polar surface area (TPSA) is 66.6 Å². The van der Waals surface area contributed by atoms with E-state index in [0.717, 1.165) is 0 Å². The minimum atomic E-state index is -0.746. The molecule has 2 N–H and O–H groups in total. The summed E-state index contributed by atoms with van der Waals surface area (Å²) in [6.07, 6.45) is 1.29. The van der Waals surface area contributed by atoms with Crippen LogP contribution in [0.15, 0.2) is 0 Å². The van der Waals surface area contributed by atoms with Crippen LogP contribution < -0.4 is 5.73 Å². The molecule has 0 radical (unpaired) electrons. The molecule has 19 heavy (non-hydrogen) atoms. The number of piperazine rings is 1. The van der Waals surface area contributed by atoms with Crippen molar-refractivity contribution in [3.05, 3.63) is 0 Å². The Morgan fingerprint density at radius 2 is 1.47 bits per heavy atom. The van der Waals surface area contributed by atoms with Gasteiger partial charge in [0, 0.05) is 32.1 Å². The van der Waals surface area contributed by atoms with Gasteiger partial charge in [0.2, 0.25) is 11.8 Å². The Labute approximate surface area is 116 Å². The Balaban J connectivity index is 2.59. The average Bonchev–Trinajstić information content (AvgIpc) is 2.44. The van der Waals surface area contributed by atoms with E-state index in [1.54, 1.807) is 4.90 Å². The summed E-state index contributed by atoms with van der Waals surface area (Å²) in [5, 5.41) is 0. The van der Waals surface area contributed by atoms with Crippen molar-refractivity contribution in [2.24, 2.45) is 11.7 Å². The van der Waals surface area contributed by atoms with Crippen LogP contribution in [0.1, 0.15) is 40.5 Å². The van der Waals surface area contributed by atoms with E-state index in [2.05, 4.69) is 0 Å². The van der Waals surface area contributed by atoms with Crippen LogP contribution in [-0.4, -0.2) is 53.3 Å². The van der Waals surface area contributed by atoms with Crippen molar-refractivity contribution in [1.29, 1.82) is 0 Å². The van der Waals surface area contributed by atoms with Gasteiger partial charge in [-0.2, -0.15) is 0 Å². The lowest BCUT2D eigenvalue weighted by Crippen LogP contribution is -2.59. The first kappa shape index (κ1) is 16.0. The van der Waals surface area contributed by atoms with Gasteiger partial charge in [-0.15, -0.1) is 0 Å². The van der Waals surface area contributed by atoms with Gasteiger partial charge in [0.05, 0.1) is 5.54 Å². The number of amides is 2. The van der Waals surface area contributed by atoms with Crippen molar-refractivity contribution >= 4 is 11.8 Å². The second-order valence-corrected chi connectivity index (χ2v) is 5.64. The molecule has 110 valence electrons. The molecule has 5 nitrogen and oxygen atoms in total. The summed E-state index contributed by atoms with van der Waals surface area (Å²) < 4.78 is 0. The molecule has 0 aliphatic carbocycles. The molecule has 1 fully saturated rings. The monoisotopic (exact) mass is 269 g/mol. The lowest BCUT2D eigenvalue weighted by molar-refractivity contribution is -0.144. The van der Waals surface area contributed by atoms with Crippen LogP contribution in [0.3, 0.4) is 0 Å². The SMILES string of the molecule is CCC(N)(CC)C(=O)N1CCN(C(=O)C(C)C)CC1. The molecule has 0 unspecified atom stereocenters. The maximum Gasteiger partial charge on any atom is 0.242 e. The molecule has 0 aromatic heterocycles. The van der Waals surface area contributed by atoms with Gasteiger partial charge < -0.3 is 15.5 Å². The molecule has 0 atom stereocenters. The van der Waals surface area contributed by atoms with Gasteiger partial charge >= 0.3 is 0 Å². The van der Waals surface area contributed by atoms with Crippen molar-refractivity contribution in [3.8, 4) is 0 Å². The Morgan fingerprint density at radius 3 is 1.84 bits per heavy atom. The number of hydrogen-bond acceptors (Lipinski definition) is 3.